The summed E-state index contributed by atoms with van der Waals surface area (Å²) in [7, 11) is 0. The molecule has 96 heavy (non-hydrogen) atoms. The maximum atomic E-state index is 2.70. The summed E-state index contributed by atoms with van der Waals surface area (Å²) in [4.78, 5) is 5.29. The summed E-state index contributed by atoms with van der Waals surface area (Å²) in [6, 6.07) is 130. The van der Waals surface area contributed by atoms with Crippen LogP contribution in [0.15, 0.2) is 340 Å². The SMILES string of the molecule is c1ccc(-c2ccc(N3c4ccc(-c5ccccc5)cc4B4c5cc6c(cc5N(c5ccc7c(c5)-c5ccccc5C75c7ccccc7-c7ccccc75)c5cc(-n7c8ccccc8c8ccccc87)cc3c54)-c3ccccc3C63c4ccccc4-c4ccccc43)cc2)cc1. The number of para-hydroxylation sites is 2. The molecule has 0 N–H and O–H groups in total. The normalized spacial score (nSPS) is 14.4. The number of hydrogen-bond donors (Lipinski definition) is 0. The minimum Gasteiger partial charge on any atom is -0.311 e. The molecule has 2 spiro atoms. The molecule has 0 atom stereocenters. The quantitative estimate of drug-likeness (QED) is 0.159. The monoisotopic (exact) mass is 1210 g/mol. The highest BCUT2D eigenvalue weighted by molar-refractivity contribution is 7.00. The average molecular weight is 1210 g/mol. The van der Waals surface area contributed by atoms with E-state index >= 15 is 0 Å². The van der Waals surface area contributed by atoms with E-state index in [1.165, 1.54) is 155 Å². The van der Waals surface area contributed by atoms with Crippen molar-refractivity contribution in [3.63, 3.8) is 0 Å². The highest BCUT2D eigenvalue weighted by Gasteiger charge is 2.55. The number of anilines is 6. The first-order valence-corrected chi connectivity index (χ1v) is 33.7. The van der Waals surface area contributed by atoms with Crippen molar-refractivity contribution in [2.75, 3.05) is 9.80 Å². The molecule has 442 valence electrons. The van der Waals surface area contributed by atoms with Gasteiger partial charge in [0, 0.05) is 44.9 Å². The summed E-state index contributed by atoms with van der Waals surface area (Å²) in [5, 5.41) is 2.46. The first-order chi connectivity index (χ1) is 47.6. The highest BCUT2D eigenvalue weighted by Crippen LogP contribution is 2.66. The number of hydrogen-bond acceptors (Lipinski definition) is 2. The summed E-state index contributed by atoms with van der Waals surface area (Å²) < 4.78 is 2.53. The summed E-state index contributed by atoms with van der Waals surface area (Å²) in [6.07, 6.45) is 0. The van der Waals surface area contributed by atoms with Gasteiger partial charge in [0.2, 0.25) is 0 Å². The summed E-state index contributed by atoms with van der Waals surface area (Å²) in [5.41, 5.74) is 38.7. The molecule has 4 aliphatic carbocycles. The second-order valence-corrected chi connectivity index (χ2v) is 26.9. The lowest BCUT2D eigenvalue weighted by atomic mass is 9.33. The molecule has 0 amide bonds. The zero-order valence-corrected chi connectivity index (χ0v) is 52.3. The van der Waals surface area contributed by atoms with Crippen molar-refractivity contribution in [2.24, 2.45) is 0 Å². The zero-order valence-electron chi connectivity index (χ0n) is 52.3. The van der Waals surface area contributed by atoms with E-state index in [0.717, 1.165) is 34.1 Å². The fourth-order valence-electron chi connectivity index (χ4n) is 18.9. The molecule has 0 radical (unpaired) electrons. The van der Waals surface area contributed by atoms with Crippen LogP contribution in [0.5, 0.6) is 0 Å². The van der Waals surface area contributed by atoms with Gasteiger partial charge in [0.1, 0.15) is 0 Å². The molecule has 3 heterocycles. The largest absolute Gasteiger partial charge is 0.311 e. The van der Waals surface area contributed by atoms with Crippen molar-refractivity contribution in [1.29, 1.82) is 0 Å². The summed E-state index contributed by atoms with van der Waals surface area (Å²) >= 11 is 0. The fraction of sp³-hybridized carbons (Fsp3) is 0.0217. The third-order valence-corrected chi connectivity index (χ3v) is 22.6. The average Bonchev–Trinajstić information content (AvgIpc) is 1.46. The van der Waals surface area contributed by atoms with Crippen molar-refractivity contribution in [2.45, 2.75) is 10.8 Å². The standard InChI is InChI=1S/C92H56BN3/c1-3-23-57(24-4-1)59-43-46-61(47-44-59)94-86-50-45-60(58-25-5-2-6-26-58)51-82(86)93-83-56-81-73(69-32-12-20-40-79(69)92(81)76-37-17-9-29-66(76)67-30-10-18-38-77(67)92)55-87(83)95(89-54-63(53-88(94)90(89)93)96-84-41-21-13-33-70(84)71-34-14-22-42-85(71)96)62-48-49-80-72(52-62)68-31-11-19-39-78(68)91(80)74-35-15-7-27-64(74)65-28-8-16-36-75(65)91/h1-56H. The molecule has 0 saturated heterocycles. The van der Waals surface area contributed by atoms with Crippen LogP contribution in [-0.4, -0.2) is 11.3 Å². The number of rotatable bonds is 5. The van der Waals surface area contributed by atoms with Crippen LogP contribution in [0.4, 0.5) is 34.1 Å². The van der Waals surface area contributed by atoms with Gasteiger partial charge < -0.3 is 14.4 Å². The molecule has 4 heteroatoms. The molecular formula is C92H56BN3. The van der Waals surface area contributed by atoms with Gasteiger partial charge in [0.15, 0.2) is 0 Å². The Labute approximate surface area is 557 Å². The van der Waals surface area contributed by atoms with E-state index < -0.39 is 10.8 Å². The van der Waals surface area contributed by atoms with Gasteiger partial charge in [-0.3, -0.25) is 0 Å². The maximum absolute atomic E-state index is 2.70. The third-order valence-electron chi connectivity index (χ3n) is 22.6. The Balaban J connectivity index is 0.889. The third kappa shape index (κ3) is 6.62. The molecule has 6 aliphatic rings. The van der Waals surface area contributed by atoms with E-state index in [4.69, 9.17) is 0 Å². The van der Waals surface area contributed by atoms with Crippen LogP contribution in [0.2, 0.25) is 0 Å². The van der Waals surface area contributed by atoms with Crippen molar-refractivity contribution < 1.29 is 0 Å². The Bertz CT molecular complexity index is 5910. The number of fused-ring (bicyclic) bond motifs is 27. The number of nitrogens with zero attached hydrogens (tertiary/aromatic N) is 3. The van der Waals surface area contributed by atoms with Crippen LogP contribution in [0, 0.1) is 0 Å². The van der Waals surface area contributed by atoms with Crippen LogP contribution in [0.25, 0.3) is 94.3 Å². The minimum absolute atomic E-state index is 0.213. The predicted octanol–water partition coefficient (Wildman–Crippen LogP) is 20.9. The minimum atomic E-state index is -0.572. The molecule has 16 aromatic rings. The lowest BCUT2D eigenvalue weighted by Gasteiger charge is -2.45. The second-order valence-electron chi connectivity index (χ2n) is 26.9. The number of aromatic nitrogens is 1. The van der Waals surface area contributed by atoms with Gasteiger partial charge in [0.05, 0.1) is 27.6 Å². The van der Waals surface area contributed by atoms with Crippen molar-refractivity contribution in [3.8, 4) is 72.4 Å². The summed E-state index contributed by atoms with van der Waals surface area (Å²) in [6.45, 7) is -0.213. The van der Waals surface area contributed by atoms with E-state index in [-0.39, 0.29) is 6.71 Å². The predicted molar refractivity (Wildman–Crippen MR) is 398 cm³/mol. The Morgan fingerprint density at radius 1 is 0.219 bits per heavy atom. The highest BCUT2D eigenvalue weighted by atomic mass is 15.2. The van der Waals surface area contributed by atoms with Crippen LogP contribution in [-0.2, 0) is 10.8 Å². The second kappa shape index (κ2) is 19.2. The van der Waals surface area contributed by atoms with Gasteiger partial charge in [-0.1, -0.05) is 279 Å². The van der Waals surface area contributed by atoms with Gasteiger partial charge in [-0.15, -0.1) is 0 Å². The van der Waals surface area contributed by atoms with Crippen molar-refractivity contribution >= 4 is 79.0 Å². The molecule has 15 aromatic carbocycles. The maximum Gasteiger partial charge on any atom is 0.252 e. The first kappa shape index (κ1) is 52.3. The molecule has 0 saturated carbocycles. The molecule has 0 fully saturated rings. The van der Waals surface area contributed by atoms with E-state index in [9.17, 15) is 0 Å². The van der Waals surface area contributed by atoms with Crippen LogP contribution < -0.4 is 26.2 Å². The van der Waals surface area contributed by atoms with Gasteiger partial charge >= 0.3 is 0 Å². The van der Waals surface area contributed by atoms with Gasteiger partial charge in [-0.2, -0.15) is 0 Å². The Hall–Kier alpha value is -12.2. The Morgan fingerprint density at radius 2 is 0.594 bits per heavy atom. The van der Waals surface area contributed by atoms with E-state index in [1.54, 1.807) is 0 Å². The van der Waals surface area contributed by atoms with E-state index in [2.05, 4.69) is 354 Å². The molecule has 22 rings (SSSR count). The lowest BCUT2D eigenvalue weighted by Crippen LogP contribution is -2.61. The van der Waals surface area contributed by atoms with E-state index in [1.807, 2.05) is 0 Å². The fourth-order valence-corrected chi connectivity index (χ4v) is 18.9. The molecule has 3 nitrogen and oxygen atoms in total. The Morgan fingerprint density at radius 3 is 1.11 bits per heavy atom. The zero-order chi connectivity index (χ0) is 62.5. The molecular weight excluding hydrogens is 1160 g/mol. The van der Waals surface area contributed by atoms with Crippen molar-refractivity contribution in [3.05, 3.63) is 384 Å². The van der Waals surface area contributed by atoms with Crippen LogP contribution >= 0.6 is 0 Å². The summed E-state index contributed by atoms with van der Waals surface area (Å²) in [5.74, 6) is 0. The number of benzene rings is 15. The van der Waals surface area contributed by atoms with Gasteiger partial charge in [-0.05, 0) is 188 Å². The smallest absolute Gasteiger partial charge is 0.252 e. The Kier molecular flexibility index (Phi) is 10.5. The lowest BCUT2D eigenvalue weighted by molar-refractivity contribution is 0.793. The molecule has 1 aromatic heterocycles. The topological polar surface area (TPSA) is 11.4 Å². The van der Waals surface area contributed by atoms with Gasteiger partial charge in [-0.25, -0.2) is 0 Å². The van der Waals surface area contributed by atoms with Gasteiger partial charge in [0.25, 0.3) is 6.71 Å². The molecule has 2 aliphatic heterocycles. The van der Waals surface area contributed by atoms with Crippen LogP contribution in [0.1, 0.15) is 44.5 Å². The molecule has 0 unspecified atom stereocenters. The first-order valence-electron chi connectivity index (χ1n) is 33.7. The molecule has 0 bridgehead atoms. The van der Waals surface area contributed by atoms with Crippen molar-refractivity contribution in [1.82, 2.24) is 4.57 Å². The van der Waals surface area contributed by atoms with Crippen LogP contribution in [0.3, 0.4) is 0 Å². The van der Waals surface area contributed by atoms with E-state index in [0.29, 0.717) is 0 Å².